The molecule has 19 heavy (non-hydrogen) atoms. The van der Waals surface area contributed by atoms with Gasteiger partial charge in [-0.1, -0.05) is 15.9 Å². The second-order valence-corrected chi connectivity index (χ2v) is 5.26. The van der Waals surface area contributed by atoms with Crippen molar-refractivity contribution in [2.75, 3.05) is 27.2 Å². The van der Waals surface area contributed by atoms with Gasteiger partial charge in [-0.2, -0.15) is 0 Å². The average Bonchev–Trinajstić information content (AvgIpc) is 2.85. The van der Waals surface area contributed by atoms with Crippen molar-refractivity contribution >= 4 is 15.9 Å². The molecule has 0 amide bonds. The Bertz CT molecular complexity index is 512. The first-order chi connectivity index (χ1) is 9.19. The summed E-state index contributed by atoms with van der Waals surface area (Å²) in [6.45, 7) is 2.53. The Morgan fingerprint density at radius 2 is 2.00 bits per heavy atom. The summed E-state index contributed by atoms with van der Waals surface area (Å²) in [5.41, 5.74) is 0.930. The fourth-order valence-electron chi connectivity index (χ4n) is 1.64. The zero-order chi connectivity index (χ0) is 13.7. The number of rotatable bonds is 6. The molecule has 0 atom stereocenters. The molecule has 2 aromatic rings. The van der Waals surface area contributed by atoms with E-state index in [2.05, 4.69) is 36.3 Å². The minimum atomic E-state index is 0.560. The van der Waals surface area contributed by atoms with Crippen LogP contribution >= 0.6 is 15.9 Å². The van der Waals surface area contributed by atoms with Gasteiger partial charge in [0, 0.05) is 23.1 Å². The lowest BCUT2D eigenvalue weighted by molar-refractivity contribution is 0.291. The van der Waals surface area contributed by atoms with Gasteiger partial charge in [-0.05, 0) is 38.4 Å². The molecule has 5 nitrogen and oxygen atoms in total. The van der Waals surface area contributed by atoms with Crippen molar-refractivity contribution in [1.29, 1.82) is 0 Å². The SMILES string of the molecule is CNCCN(C)Cc1nnc(-c2ccc(Br)cc2)o1. The van der Waals surface area contributed by atoms with Crippen LogP contribution in [0.25, 0.3) is 11.5 Å². The zero-order valence-electron chi connectivity index (χ0n) is 11.1. The molecule has 0 saturated carbocycles. The first-order valence-corrected chi connectivity index (χ1v) is 6.90. The lowest BCUT2D eigenvalue weighted by Gasteiger charge is -2.13. The number of likely N-dealkylation sites (N-methyl/N-ethyl adjacent to an activating group) is 2. The van der Waals surface area contributed by atoms with Crippen LogP contribution in [0.4, 0.5) is 0 Å². The highest BCUT2D eigenvalue weighted by Gasteiger charge is 2.10. The number of nitrogens with zero attached hydrogens (tertiary/aromatic N) is 3. The molecule has 0 saturated heterocycles. The smallest absolute Gasteiger partial charge is 0.247 e. The summed E-state index contributed by atoms with van der Waals surface area (Å²) in [5, 5.41) is 11.3. The normalized spacial score (nSPS) is 11.2. The first-order valence-electron chi connectivity index (χ1n) is 6.10. The van der Waals surface area contributed by atoms with Gasteiger partial charge in [-0.25, -0.2) is 0 Å². The molecule has 0 aliphatic rings. The Morgan fingerprint density at radius 1 is 1.26 bits per heavy atom. The maximum Gasteiger partial charge on any atom is 0.247 e. The summed E-state index contributed by atoms with van der Waals surface area (Å²) in [6, 6.07) is 7.81. The maximum atomic E-state index is 5.66. The van der Waals surface area contributed by atoms with E-state index in [9.17, 15) is 0 Å². The van der Waals surface area contributed by atoms with Gasteiger partial charge in [-0.3, -0.25) is 4.90 Å². The molecule has 102 valence electrons. The highest BCUT2D eigenvalue weighted by atomic mass is 79.9. The van der Waals surface area contributed by atoms with E-state index in [1.54, 1.807) is 0 Å². The molecule has 6 heteroatoms. The summed E-state index contributed by atoms with van der Waals surface area (Å²) in [7, 11) is 3.97. The largest absolute Gasteiger partial charge is 0.419 e. The van der Waals surface area contributed by atoms with Crippen LogP contribution in [0, 0.1) is 0 Å². The Hall–Kier alpha value is -1.24. The van der Waals surface area contributed by atoms with E-state index in [4.69, 9.17) is 4.42 Å². The molecule has 0 aliphatic heterocycles. The lowest BCUT2D eigenvalue weighted by Crippen LogP contribution is -2.27. The number of hydrogen-bond donors (Lipinski definition) is 1. The van der Waals surface area contributed by atoms with Crippen molar-refractivity contribution in [2.45, 2.75) is 6.54 Å². The quantitative estimate of drug-likeness (QED) is 0.882. The third kappa shape index (κ3) is 4.12. The fourth-order valence-corrected chi connectivity index (χ4v) is 1.90. The van der Waals surface area contributed by atoms with Gasteiger partial charge in [0.05, 0.1) is 6.54 Å². The van der Waals surface area contributed by atoms with Crippen molar-refractivity contribution < 1.29 is 4.42 Å². The molecule has 0 aliphatic carbocycles. The number of benzene rings is 1. The van der Waals surface area contributed by atoms with Crippen molar-refractivity contribution in [1.82, 2.24) is 20.4 Å². The molecule has 0 fully saturated rings. The second kappa shape index (κ2) is 6.79. The molecule has 0 bridgehead atoms. The maximum absolute atomic E-state index is 5.66. The van der Waals surface area contributed by atoms with Crippen LogP contribution in [0.15, 0.2) is 33.2 Å². The number of halogens is 1. The van der Waals surface area contributed by atoms with Crippen LogP contribution in [0.5, 0.6) is 0 Å². The van der Waals surface area contributed by atoms with E-state index < -0.39 is 0 Å². The van der Waals surface area contributed by atoms with Gasteiger partial charge < -0.3 is 9.73 Å². The molecule has 2 rings (SSSR count). The zero-order valence-corrected chi connectivity index (χ0v) is 12.6. The molecule has 0 spiro atoms. The highest BCUT2D eigenvalue weighted by molar-refractivity contribution is 9.10. The minimum Gasteiger partial charge on any atom is -0.419 e. The van der Waals surface area contributed by atoms with Crippen LogP contribution < -0.4 is 5.32 Å². The van der Waals surface area contributed by atoms with E-state index in [-0.39, 0.29) is 0 Å². The van der Waals surface area contributed by atoms with Crippen molar-refractivity contribution in [2.24, 2.45) is 0 Å². The van der Waals surface area contributed by atoms with Crippen molar-refractivity contribution in [3.63, 3.8) is 0 Å². The summed E-state index contributed by atoms with van der Waals surface area (Å²) in [6.07, 6.45) is 0. The minimum absolute atomic E-state index is 0.560. The van der Waals surface area contributed by atoms with Crippen LogP contribution in [-0.4, -0.2) is 42.3 Å². The monoisotopic (exact) mass is 324 g/mol. The third-order valence-electron chi connectivity index (χ3n) is 2.71. The predicted molar refractivity (Wildman–Crippen MR) is 77.7 cm³/mol. The highest BCUT2D eigenvalue weighted by Crippen LogP contribution is 2.20. The Kier molecular flexibility index (Phi) is 5.07. The van der Waals surface area contributed by atoms with Gasteiger partial charge in [0.1, 0.15) is 0 Å². The van der Waals surface area contributed by atoms with E-state index in [1.807, 2.05) is 38.4 Å². The molecular formula is C13H17BrN4O. The van der Waals surface area contributed by atoms with Crippen LogP contribution in [0.3, 0.4) is 0 Å². The molecule has 0 radical (unpaired) electrons. The second-order valence-electron chi connectivity index (χ2n) is 4.35. The van der Waals surface area contributed by atoms with Gasteiger partial charge in [-0.15, -0.1) is 10.2 Å². The van der Waals surface area contributed by atoms with E-state index in [0.717, 1.165) is 23.1 Å². The first kappa shape index (κ1) is 14.2. The summed E-state index contributed by atoms with van der Waals surface area (Å²) < 4.78 is 6.69. The van der Waals surface area contributed by atoms with Crippen molar-refractivity contribution in [3.05, 3.63) is 34.6 Å². The van der Waals surface area contributed by atoms with Gasteiger partial charge in [0.2, 0.25) is 11.8 Å². The van der Waals surface area contributed by atoms with Crippen LogP contribution in [0.1, 0.15) is 5.89 Å². The van der Waals surface area contributed by atoms with Gasteiger partial charge >= 0.3 is 0 Å². The molecule has 0 unspecified atom stereocenters. The van der Waals surface area contributed by atoms with E-state index >= 15 is 0 Å². The molecule has 1 N–H and O–H groups in total. The molecule has 1 heterocycles. The lowest BCUT2D eigenvalue weighted by atomic mass is 10.2. The Morgan fingerprint density at radius 3 is 2.68 bits per heavy atom. The number of hydrogen-bond acceptors (Lipinski definition) is 5. The predicted octanol–water partition coefficient (Wildman–Crippen LogP) is 2.15. The topological polar surface area (TPSA) is 54.2 Å². The van der Waals surface area contributed by atoms with Crippen LogP contribution in [0.2, 0.25) is 0 Å². The van der Waals surface area contributed by atoms with Gasteiger partial charge in [0.15, 0.2) is 0 Å². The number of nitrogens with one attached hydrogen (secondary N) is 1. The summed E-state index contributed by atoms with van der Waals surface area (Å²) in [4.78, 5) is 2.13. The van der Waals surface area contributed by atoms with E-state index in [0.29, 0.717) is 18.3 Å². The Labute approximate surface area is 121 Å². The molecule has 1 aromatic carbocycles. The van der Waals surface area contributed by atoms with Crippen molar-refractivity contribution in [3.8, 4) is 11.5 Å². The van der Waals surface area contributed by atoms with Gasteiger partial charge in [0.25, 0.3) is 0 Å². The summed E-state index contributed by atoms with van der Waals surface area (Å²) in [5.74, 6) is 1.20. The third-order valence-corrected chi connectivity index (χ3v) is 3.24. The Balaban J connectivity index is 2.00. The van der Waals surface area contributed by atoms with Crippen LogP contribution in [-0.2, 0) is 6.54 Å². The standard InChI is InChI=1S/C13H17BrN4O/c1-15-7-8-18(2)9-12-16-17-13(19-12)10-3-5-11(14)6-4-10/h3-6,15H,7-9H2,1-2H3. The van der Waals surface area contributed by atoms with E-state index in [1.165, 1.54) is 0 Å². The fraction of sp³-hybridized carbons (Fsp3) is 0.385. The average molecular weight is 325 g/mol. The number of aromatic nitrogens is 2. The molecular weight excluding hydrogens is 308 g/mol. The molecule has 1 aromatic heterocycles. The summed E-state index contributed by atoms with van der Waals surface area (Å²) >= 11 is 3.40.